The van der Waals surface area contributed by atoms with Crippen LogP contribution >= 0.6 is 0 Å². The summed E-state index contributed by atoms with van der Waals surface area (Å²) in [6.07, 6.45) is 2.03. The van der Waals surface area contributed by atoms with Crippen LogP contribution < -0.4 is 10.6 Å². The Morgan fingerprint density at radius 3 is 2.11 bits per heavy atom. The third kappa shape index (κ3) is 3.28. The van der Waals surface area contributed by atoms with E-state index >= 15 is 0 Å². The highest BCUT2D eigenvalue weighted by molar-refractivity contribution is 5.48. The number of nitrogens with zero attached hydrogens (tertiary/aromatic N) is 1. The predicted octanol–water partition coefficient (Wildman–Crippen LogP) is 2.69. The number of hydrogen-bond acceptors (Lipinski definition) is 3. The van der Waals surface area contributed by atoms with E-state index in [4.69, 9.17) is 5.73 Å². The third-order valence-electron chi connectivity index (χ3n) is 3.98. The molecule has 0 unspecified atom stereocenters. The van der Waals surface area contributed by atoms with Gasteiger partial charge in [0, 0.05) is 18.8 Å². The second-order valence-corrected chi connectivity index (χ2v) is 6.62. The average Bonchev–Trinajstić information content (AvgIpc) is 2.90. The zero-order valence-electron chi connectivity index (χ0n) is 12.3. The number of rotatable bonds is 3. The Morgan fingerprint density at radius 1 is 1.11 bits per heavy atom. The number of hydrogen-bond donors (Lipinski definition) is 2. The number of benzene rings is 1. The molecule has 0 saturated carbocycles. The first-order valence-electron chi connectivity index (χ1n) is 7.18. The van der Waals surface area contributed by atoms with Crippen LogP contribution in [0.2, 0.25) is 0 Å². The molecule has 2 rings (SSSR count). The molecule has 2 atom stereocenters. The Hall–Kier alpha value is -1.06. The molecule has 0 radical (unpaired) electrons. The fourth-order valence-corrected chi connectivity index (χ4v) is 2.60. The van der Waals surface area contributed by atoms with Crippen molar-refractivity contribution in [3.05, 3.63) is 29.8 Å². The van der Waals surface area contributed by atoms with Gasteiger partial charge in [0.1, 0.15) is 0 Å². The number of nitrogens with two attached hydrogens (primary N) is 1. The molecule has 3 nitrogen and oxygen atoms in total. The molecular formula is C16H26N2O. The Labute approximate surface area is 116 Å². The van der Waals surface area contributed by atoms with Gasteiger partial charge in [0.05, 0.1) is 12.1 Å². The van der Waals surface area contributed by atoms with E-state index in [0.29, 0.717) is 0 Å². The Kier molecular flexibility index (Phi) is 4.16. The van der Waals surface area contributed by atoms with E-state index in [2.05, 4.69) is 17.0 Å². The van der Waals surface area contributed by atoms with Crippen LogP contribution in [0.3, 0.4) is 0 Å². The monoisotopic (exact) mass is 262 g/mol. The summed E-state index contributed by atoms with van der Waals surface area (Å²) in [5.74, 6) is 0. The van der Waals surface area contributed by atoms with Crippen molar-refractivity contribution in [1.29, 1.82) is 0 Å². The van der Waals surface area contributed by atoms with Crippen molar-refractivity contribution in [3.63, 3.8) is 0 Å². The largest absolute Gasteiger partial charge is 0.391 e. The van der Waals surface area contributed by atoms with Gasteiger partial charge in [-0.3, -0.25) is 0 Å². The Bertz CT molecular complexity index is 402. The molecule has 19 heavy (non-hydrogen) atoms. The van der Waals surface area contributed by atoms with Crippen LogP contribution in [0.15, 0.2) is 24.3 Å². The van der Waals surface area contributed by atoms with E-state index in [1.807, 2.05) is 32.9 Å². The van der Waals surface area contributed by atoms with E-state index in [0.717, 1.165) is 18.7 Å². The van der Waals surface area contributed by atoms with Crippen LogP contribution in [-0.4, -0.2) is 24.3 Å². The van der Waals surface area contributed by atoms with Gasteiger partial charge in [0.2, 0.25) is 0 Å². The van der Waals surface area contributed by atoms with Crippen LogP contribution in [0, 0.1) is 5.41 Å². The summed E-state index contributed by atoms with van der Waals surface area (Å²) in [5, 5.41) is 10.3. The van der Waals surface area contributed by atoms with Gasteiger partial charge in [-0.05, 0) is 36.0 Å². The highest BCUT2D eigenvalue weighted by Crippen LogP contribution is 2.29. The molecule has 106 valence electrons. The van der Waals surface area contributed by atoms with Crippen molar-refractivity contribution >= 4 is 5.69 Å². The quantitative estimate of drug-likeness (QED) is 0.880. The van der Waals surface area contributed by atoms with Crippen molar-refractivity contribution in [2.75, 3.05) is 18.0 Å². The van der Waals surface area contributed by atoms with Crippen molar-refractivity contribution in [2.24, 2.45) is 11.1 Å². The second-order valence-electron chi connectivity index (χ2n) is 6.62. The van der Waals surface area contributed by atoms with Crippen molar-refractivity contribution < 1.29 is 5.11 Å². The first-order chi connectivity index (χ1) is 8.89. The van der Waals surface area contributed by atoms with Crippen LogP contribution in [0.25, 0.3) is 0 Å². The van der Waals surface area contributed by atoms with Crippen molar-refractivity contribution in [1.82, 2.24) is 0 Å². The molecule has 0 amide bonds. The van der Waals surface area contributed by atoms with Gasteiger partial charge in [0.15, 0.2) is 0 Å². The lowest BCUT2D eigenvalue weighted by molar-refractivity contribution is 0.0401. The first kappa shape index (κ1) is 14.4. The van der Waals surface area contributed by atoms with E-state index in [1.54, 1.807) is 0 Å². The number of aliphatic hydroxyl groups excluding tert-OH is 1. The summed E-state index contributed by atoms with van der Waals surface area (Å²) in [4.78, 5) is 2.40. The summed E-state index contributed by atoms with van der Waals surface area (Å²) < 4.78 is 0. The molecule has 3 heteroatoms. The molecule has 0 bridgehead atoms. The second kappa shape index (κ2) is 5.51. The molecule has 3 N–H and O–H groups in total. The maximum absolute atomic E-state index is 10.3. The van der Waals surface area contributed by atoms with Gasteiger partial charge < -0.3 is 15.7 Å². The zero-order valence-corrected chi connectivity index (χ0v) is 12.3. The van der Waals surface area contributed by atoms with Crippen LogP contribution in [0.5, 0.6) is 0 Å². The first-order valence-corrected chi connectivity index (χ1v) is 7.18. The fraction of sp³-hybridized carbons (Fsp3) is 0.625. The van der Waals surface area contributed by atoms with Crippen molar-refractivity contribution in [3.8, 4) is 0 Å². The lowest BCUT2D eigenvalue weighted by Gasteiger charge is -2.31. The normalized spacial score (nSPS) is 19.5. The average molecular weight is 262 g/mol. The van der Waals surface area contributed by atoms with Crippen molar-refractivity contribution in [2.45, 2.75) is 45.8 Å². The molecule has 0 spiro atoms. The summed E-state index contributed by atoms with van der Waals surface area (Å²) in [5.41, 5.74) is 8.23. The topological polar surface area (TPSA) is 49.5 Å². The van der Waals surface area contributed by atoms with Gasteiger partial charge in [-0.2, -0.15) is 0 Å². The van der Waals surface area contributed by atoms with Gasteiger partial charge in [0.25, 0.3) is 0 Å². The lowest BCUT2D eigenvalue weighted by Crippen LogP contribution is -2.36. The summed E-state index contributed by atoms with van der Waals surface area (Å²) in [6, 6.07) is 8.01. The standard InChI is InChI=1S/C16H26N2O/c1-16(2,3)15(19)14(17)12-6-8-13(9-7-12)18-10-4-5-11-18/h6-9,14-15,19H,4-5,10-11,17H2,1-3H3/t14-,15-/m0/s1. The molecule has 1 heterocycles. The molecule has 1 aliphatic heterocycles. The third-order valence-corrected chi connectivity index (χ3v) is 3.98. The molecule has 1 aliphatic rings. The molecule has 0 aliphatic carbocycles. The molecule has 1 saturated heterocycles. The Balaban J connectivity index is 2.09. The highest BCUT2D eigenvalue weighted by atomic mass is 16.3. The van der Waals surface area contributed by atoms with Crippen LogP contribution in [0.1, 0.15) is 45.2 Å². The zero-order chi connectivity index (χ0) is 14.0. The molecular weight excluding hydrogens is 236 g/mol. The van der Waals surface area contributed by atoms with Gasteiger partial charge in [-0.15, -0.1) is 0 Å². The van der Waals surface area contributed by atoms with E-state index in [1.165, 1.54) is 18.5 Å². The van der Waals surface area contributed by atoms with Gasteiger partial charge >= 0.3 is 0 Å². The number of aliphatic hydroxyl groups is 1. The molecule has 1 fully saturated rings. The maximum Gasteiger partial charge on any atom is 0.0780 e. The Morgan fingerprint density at radius 2 is 1.63 bits per heavy atom. The lowest BCUT2D eigenvalue weighted by atomic mass is 9.82. The summed E-state index contributed by atoms with van der Waals surface area (Å²) in [6.45, 7) is 8.33. The SMILES string of the molecule is CC(C)(C)[C@@H](O)[C@@H](N)c1ccc(N2CCCC2)cc1. The smallest absolute Gasteiger partial charge is 0.0780 e. The highest BCUT2D eigenvalue weighted by Gasteiger charge is 2.29. The van der Waals surface area contributed by atoms with E-state index < -0.39 is 6.10 Å². The number of anilines is 1. The summed E-state index contributed by atoms with van der Waals surface area (Å²) >= 11 is 0. The molecule has 1 aromatic carbocycles. The minimum atomic E-state index is -0.537. The van der Waals surface area contributed by atoms with Crippen LogP contribution in [0.4, 0.5) is 5.69 Å². The summed E-state index contributed by atoms with van der Waals surface area (Å²) in [7, 11) is 0. The van der Waals surface area contributed by atoms with Gasteiger partial charge in [-0.1, -0.05) is 32.9 Å². The minimum absolute atomic E-state index is 0.201. The van der Waals surface area contributed by atoms with Crippen LogP contribution in [-0.2, 0) is 0 Å². The molecule has 0 aromatic heterocycles. The fourth-order valence-electron chi connectivity index (χ4n) is 2.60. The van der Waals surface area contributed by atoms with E-state index in [-0.39, 0.29) is 11.5 Å². The molecule has 1 aromatic rings. The van der Waals surface area contributed by atoms with E-state index in [9.17, 15) is 5.11 Å². The maximum atomic E-state index is 10.3. The minimum Gasteiger partial charge on any atom is -0.391 e. The predicted molar refractivity (Wildman–Crippen MR) is 80.3 cm³/mol. The van der Waals surface area contributed by atoms with Gasteiger partial charge in [-0.25, -0.2) is 0 Å².